The standard InChI is InChI=1S/C10H18N2O2.ClH/c1-2-14-7-10(3-4-10)12-9(13)8-5-11-6-8;/h8,11H,2-7H2,1H3,(H,12,13);1H. The summed E-state index contributed by atoms with van der Waals surface area (Å²) in [5.41, 5.74) is -0.0112. The molecule has 0 aromatic heterocycles. The molecule has 2 fully saturated rings. The lowest BCUT2D eigenvalue weighted by molar-refractivity contribution is -0.127. The number of ether oxygens (including phenoxy) is 1. The minimum absolute atomic E-state index is 0. The Kier molecular flexibility index (Phi) is 4.37. The Bertz CT molecular complexity index is 227. The molecule has 1 aliphatic heterocycles. The first-order valence-corrected chi connectivity index (χ1v) is 5.36. The molecule has 0 aromatic rings. The molecule has 2 aliphatic rings. The van der Waals surface area contributed by atoms with Gasteiger partial charge in [-0.25, -0.2) is 0 Å². The van der Waals surface area contributed by atoms with E-state index in [0.717, 1.165) is 32.5 Å². The van der Waals surface area contributed by atoms with Crippen LogP contribution in [0.25, 0.3) is 0 Å². The third kappa shape index (κ3) is 3.06. The molecular weight excluding hydrogens is 216 g/mol. The van der Waals surface area contributed by atoms with Crippen LogP contribution in [0.4, 0.5) is 0 Å². The number of hydrogen-bond acceptors (Lipinski definition) is 3. The van der Waals surface area contributed by atoms with Crippen molar-refractivity contribution < 1.29 is 9.53 Å². The molecule has 0 radical (unpaired) electrons. The molecule has 1 aliphatic carbocycles. The molecule has 5 heteroatoms. The Labute approximate surface area is 96.5 Å². The molecule has 0 unspecified atom stereocenters. The first kappa shape index (κ1) is 12.7. The van der Waals surface area contributed by atoms with Crippen molar-refractivity contribution in [2.45, 2.75) is 25.3 Å². The molecule has 1 saturated carbocycles. The van der Waals surface area contributed by atoms with E-state index >= 15 is 0 Å². The zero-order valence-electron chi connectivity index (χ0n) is 9.04. The van der Waals surface area contributed by atoms with Crippen molar-refractivity contribution in [3.63, 3.8) is 0 Å². The van der Waals surface area contributed by atoms with Crippen molar-refractivity contribution in [1.82, 2.24) is 10.6 Å². The maximum Gasteiger partial charge on any atom is 0.226 e. The summed E-state index contributed by atoms with van der Waals surface area (Å²) in [6, 6.07) is 0. The molecule has 88 valence electrons. The fourth-order valence-corrected chi connectivity index (χ4v) is 1.59. The van der Waals surface area contributed by atoms with Crippen molar-refractivity contribution in [2.75, 3.05) is 26.3 Å². The average molecular weight is 235 g/mol. The quantitative estimate of drug-likeness (QED) is 0.720. The number of hydrogen-bond donors (Lipinski definition) is 2. The van der Waals surface area contributed by atoms with E-state index in [9.17, 15) is 4.79 Å². The van der Waals surface area contributed by atoms with E-state index in [-0.39, 0.29) is 29.8 Å². The van der Waals surface area contributed by atoms with Crippen LogP contribution in [0, 0.1) is 5.92 Å². The molecule has 1 saturated heterocycles. The number of nitrogens with one attached hydrogen (secondary N) is 2. The van der Waals surface area contributed by atoms with Crippen LogP contribution in [0.3, 0.4) is 0 Å². The molecule has 0 atom stereocenters. The second-order valence-electron chi connectivity index (χ2n) is 4.26. The van der Waals surface area contributed by atoms with Gasteiger partial charge in [-0.15, -0.1) is 12.4 Å². The summed E-state index contributed by atoms with van der Waals surface area (Å²) < 4.78 is 5.36. The van der Waals surface area contributed by atoms with E-state index in [1.807, 2.05) is 6.92 Å². The van der Waals surface area contributed by atoms with Crippen molar-refractivity contribution in [3.05, 3.63) is 0 Å². The highest BCUT2D eigenvalue weighted by molar-refractivity contribution is 5.85. The van der Waals surface area contributed by atoms with Crippen molar-refractivity contribution in [1.29, 1.82) is 0 Å². The summed E-state index contributed by atoms with van der Waals surface area (Å²) in [5.74, 6) is 0.384. The third-order valence-electron chi connectivity index (χ3n) is 2.98. The largest absolute Gasteiger partial charge is 0.379 e. The summed E-state index contributed by atoms with van der Waals surface area (Å²) in [7, 11) is 0. The first-order valence-electron chi connectivity index (χ1n) is 5.36. The van der Waals surface area contributed by atoms with Crippen molar-refractivity contribution >= 4 is 18.3 Å². The molecule has 1 heterocycles. The van der Waals surface area contributed by atoms with Crippen LogP contribution in [0.15, 0.2) is 0 Å². The van der Waals surface area contributed by atoms with Gasteiger partial charge in [-0.1, -0.05) is 0 Å². The molecule has 2 rings (SSSR count). The maximum atomic E-state index is 11.6. The van der Waals surface area contributed by atoms with Crippen molar-refractivity contribution in [2.24, 2.45) is 5.92 Å². The van der Waals surface area contributed by atoms with Gasteiger partial charge in [0.1, 0.15) is 0 Å². The second-order valence-corrected chi connectivity index (χ2v) is 4.26. The normalized spacial score (nSPS) is 22.5. The number of amides is 1. The summed E-state index contributed by atoms with van der Waals surface area (Å²) in [4.78, 5) is 11.6. The van der Waals surface area contributed by atoms with E-state index in [0.29, 0.717) is 6.61 Å². The highest BCUT2D eigenvalue weighted by Crippen LogP contribution is 2.35. The lowest BCUT2D eigenvalue weighted by atomic mass is 10.0. The van der Waals surface area contributed by atoms with Gasteiger partial charge in [0.05, 0.1) is 18.1 Å². The fourth-order valence-electron chi connectivity index (χ4n) is 1.59. The Morgan fingerprint density at radius 3 is 2.60 bits per heavy atom. The molecule has 15 heavy (non-hydrogen) atoms. The molecule has 1 amide bonds. The summed E-state index contributed by atoms with van der Waals surface area (Å²) >= 11 is 0. The SMILES string of the molecule is CCOCC1(NC(=O)C2CNC2)CC1.Cl. The van der Waals surface area contributed by atoms with Gasteiger partial charge in [-0.2, -0.15) is 0 Å². The molecule has 0 spiro atoms. The first-order chi connectivity index (χ1) is 6.76. The van der Waals surface area contributed by atoms with Gasteiger partial charge >= 0.3 is 0 Å². The molecule has 0 aromatic carbocycles. The minimum atomic E-state index is -0.0112. The Morgan fingerprint density at radius 2 is 2.20 bits per heavy atom. The highest BCUT2D eigenvalue weighted by Gasteiger charge is 2.45. The van der Waals surface area contributed by atoms with E-state index in [2.05, 4.69) is 10.6 Å². The van der Waals surface area contributed by atoms with Crippen LogP contribution in [0.2, 0.25) is 0 Å². The van der Waals surface area contributed by atoms with Crippen molar-refractivity contribution in [3.8, 4) is 0 Å². The lowest BCUT2D eigenvalue weighted by Crippen LogP contribution is -2.54. The number of halogens is 1. The highest BCUT2D eigenvalue weighted by atomic mass is 35.5. The van der Waals surface area contributed by atoms with E-state index < -0.39 is 0 Å². The van der Waals surface area contributed by atoms with Crippen LogP contribution in [0.1, 0.15) is 19.8 Å². The number of carbonyl (C=O) groups is 1. The average Bonchev–Trinajstić information content (AvgIpc) is 2.78. The van der Waals surface area contributed by atoms with E-state index in [1.165, 1.54) is 0 Å². The Morgan fingerprint density at radius 1 is 1.53 bits per heavy atom. The predicted molar refractivity (Wildman–Crippen MR) is 60.2 cm³/mol. The van der Waals surface area contributed by atoms with Gasteiger partial charge in [0, 0.05) is 19.7 Å². The molecular formula is C10H19ClN2O2. The number of rotatable bonds is 5. The number of carbonyl (C=O) groups excluding carboxylic acids is 1. The van der Waals surface area contributed by atoms with Crippen LogP contribution < -0.4 is 10.6 Å². The topological polar surface area (TPSA) is 50.4 Å². The van der Waals surface area contributed by atoms with E-state index in [1.54, 1.807) is 0 Å². The predicted octanol–water partition coefficient (Wildman–Crippen LogP) is 0.313. The van der Waals surface area contributed by atoms with Crippen LogP contribution in [-0.2, 0) is 9.53 Å². The zero-order valence-corrected chi connectivity index (χ0v) is 9.86. The molecule has 4 nitrogen and oxygen atoms in total. The van der Waals surface area contributed by atoms with Crippen LogP contribution in [-0.4, -0.2) is 37.7 Å². The van der Waals surface area contributed by atoms with Gasteiger partial charge in [0.2, 0.25) is 5.91 Å². The van der Waals surface area contributed by atoms with Gasteiger partial charge in [-0.3, -0.25) is 4.79 Å². The Hall–Kier alpha value is -0.320. The lowest BCUT2D eigenvalue weighted by Gasteiger charge is -2.28. The van der Waals surface area contributed by atoms with Gasteiger partial charge < -0.3 is 15.4 Å². The maximum absolute atomic E-state index is 11.6. The summed E-state index contributed by atoms with van der Waals surface area (Å²) in [5, 5.41) is 6.20. The van der Waals surface area contributed by atoms with Gasteiger partial charge in [-0.05, 0) is 19.8 Å². The third-order valence-corrected chi connectivity index (χ3v) is 2.98. The molecule has 2 N–H and O–H groups in total. The monoisotopic (exact) mass is 234 g/mol. The minimum Gasteiger partial charge on any atom is -0.379 e. The van der Waals surface area contributed by atoms with Crippen LogP contribution >= 0.6 is 12.4 Å². The van der Waals surface area contributed by atoms with Gasteiger partial charge in [0.25, 0.3) is 0 Å². The van der Waals surface area contributed by atoms with Crippen LogP contribution in [0.5, 0.6) is 0 Å². The van der Waals surface area contributed by atoms with E-state index in [4.69, 9.17) is 4.74 Å². The molecule has 0 bridgehead atoms. The van der Waals surface area contributed by atoms with Gasteiger partial charge in [0.15, 0.2) is 0 Å². The smallest absolute Gasteiger partial charge is 0.226 e. The summed E-state index contributed by atoms with van der Waals surface area (Å²) in [6.45, 7) is 5.04. The summed E-state index contributed by atoms with van der Waals surface area (Å²) in [6.07, 6.45) is 2.14. The fraction of sp³-hybridized carbons (Fsp3) is 0.900. The zero-order chi connectivity index (χ0) is 10.0. The Balaban J connectivity index is 0.00000112. The second kappa shape index (κ2) is 5.14.